The highest BCUT2D eigenvalue weighted by Gasteiger charge is 2.25. The van der Waals surface area contributed by atoms with Gasteiger partial charge in [-0.25, -0.2) is 14.6 Å². The average Bonchev–Trinajstić information content (AvgIpc) is 3.09. The Bertz CT molecular complexity index is 993. The molecule has 2 aromatic rings. The molecule has 8 heteroatoms. The fourth-order valence-electron chi connectivity index (χ4n) is 2.68. The van der Waals surface area contributed by atoms with Crippen LogP contribution in [-0.2, 0) is 14.3 Å². The molecule has 1 aliphatic rings. The summed E-state index contributed by atoms with van der Waals surface area (Å²) in [4.78, 5) is 27.1. The van der Waals surface area contributed by atoms with Crippen LogP contribution in [0.5, 0.6) is 17.2 Å². The van der Waals surface area contributed by atoms with E-state index in [2.05, 4.69) is 4.99 Å². The number of cyclic esters (lactones) is 1. The maximum absolute atomic E-state index is 12.2. The van der Waals surface area contributed by atoms with E-state index in [1.807, 2.05) is 13.8 Å². The molecular formula is C22H21NO7. The van der Waals surface area contributed by atoms with E-state index >= 15 is 0 Å². The summed E-state index contributed by atoms with van der Waals surface area (Å²) in [5.41, 5.74) is 1.43. The Kier molecular flexibility index (Phi) is 6.69. The van der Waals surface area contributed by atoms with Crippen molar-refractivity contribution < 1.29 is 33.6 Å². The van der Waals surface area contributed by atoms with Gasteiger partial charge in [-0.05, 0) is 55.8 Å². The van der Waals surface area contributed by atoms with Crippen molar-refractivity contribution in [2.24, 2.45) is 4.99 Å². The standard InChI is InChI=1S/C22H21NO7/c1-3-27-18-10-7-15(12-19(18)28-4-2)21-23-17(22(26)30-21)11-14-5-8-16(9-6-14)29-13-20(24)25/h5-12H,3-4,13H2,1-2H3,(H,24,25). The lowest BCUT2D eigenvalue weighted by molar-refractivity contribution is -0.139. The van der Waals surface area contributed by atoms with E-state index in [-0.39, 0.29) is 11.6 Å². The Balaban J connectivity index is 1.80. The average molecular weight is 411 g/mol. The first-order chi connectivity index (χ1) is 14.5. The Morgan fingerprint density at radius 2 is 1.73 bits per heavy atom. The molecule has 8 nitrogen and oxygen atoms in total. The normalized spacial score (nSPS) is 14.3. The van der Waals surface area contributed by atoms with E-state index in [0.29, 0.717) is 41.6 Å². The minimum atomic E-state index is -1.06. The van der Waals surface area contributed by atoms with Crippen LogP contribution < -0.4 is 14.2 Å². The Morgan fingerprint density at radius 1 is 1.03 bits per heavy atom. The second kappa shape index (κ2) is 9.60. The number of nitrogens with zero attached hydrogens (tertiary/aromatic N) is 1. The summed E-state index contributed by atoms with van der Waals surface area (Å²) in [5.74, 6) is 0.118. The topological polar surface area (TPSA) is 104 Å². The van der Waals surface area contributed by atoms with Crippen LogP contribution in [0.3, 0.4) is 0 Å². The van der Waals surface area contributed by atoms with Crippen LogP contribution in [0.25, 0.3) is 6.08 Å². The van der Waals surface area contributed by atoms with Crippen molar-refractivity contribution in [3.63, 3.8) is 0 Å². The van der Waals surface area contributed by atoms with Gasteiger partial charge in [0.25, 0.3) is 0 Å². The highest BCUT2D eigenvalue weighted by atomic mass is 16.6. The quantitative estimate of drug-likeness (QED) is 0.499. The van der Waals surface area contributed by atoms with Crippen molar-refractivity contribution in [1.29, 1.82) is 0 Å². The Morgan fingerprint density at radius 3 is 2.40 bits per heavy atom. The molecule has 3 rings (SSSR count). The van der Waals surface area contributed by atoms with Crippen molar-refractivity contribution in [1.82, 2.24) is 0 Å². The van der Waals surface area contributed by atoms with Crippen LogP contribution in [0.2, 0.25) is 0 Å². The first kappa shape index (κ1) is 20.9. The number of carbonyl (C=O) groups is 2. The molecular weight excluding hydrogens is 390 g/mol. The van der Waals surface area contributed by atoms with Crippen molar-refractivity contribution in [3.05, 3.63) is 59.3 Å². The zero-order valence-corrected chi connectivity index (χ0v) is 16.6. The SMILES string of the molecule is CCOc1ccc(C2=NC(=Cc3ccc(OCC(=O)O)cc3)C(=O)O2)cc1OCC. The van der Waals surface area contributed by atoms with E-state index in [4.69, 9.17) is 24.1 Å². The first-order valence-electron chi connectivity index (χ1n) is 9.37. The van der Waals surface area contributed by atoms with Crippen LogP contribution in [0.4, 0.5) is 0 Å². The number of carboxylic acids is 1. The summed E-state index contributed by atoms with van der Waals surface area (Å²) in [6, 6.07) is 11.8. The number of hydrogen-bond donors (Lipinski definition) is 1. The molecule has 1 aliphatic heterocycles. The number of aliphatic carboxylic acids is 1. The summed E-state index contributed by atoms with van der Waals surface area (Å²) in [7, 11) is 0. The fourth-order valence-corrected chi connectivity index (χ4v) is 2.68. The van der Waals surface area contributed by atoms with Gasteiger partial charge >= 0.3 is 11.9 Å². The van der Waals surface area contributed by atoms with Gasteiger partial charge < -0.3 is 24.1 Å². The molecule has 2 aromatic carbocycles. The maximum atomic E-state index is 12.2. The number of esters is 1. The molecule has 0 amide bonds. The van der Waals surface area contributed by atoms with Crippen molar-refractivity contribution in [2.45, 2.75) is 13.8 Å². The number of carbonyl (C=O) groups excluding carboxylic acids is 1. The minimum absolute atomic E-state index is 0.149. The monoisotopic (exact) mass is 411 g/mol. The molecule has 0 radical (unpaired) electrons. The summed E-state index contributed by atoms with van der Waals surface area (Å²) >= 11 is 0. The summed E-state index contributed by atoms with van der Waals surface area (Å²) in [6.45, 7) is 4.30. The van der Waals surface area contributed by atoms with Gasteiger partial charge in [0.2, 0.25) is 5.90 Å². The third-order valence-electron chi connectivity index (χ3n) is 3.96. The van der Waals surface area contributed by atoms with Crippen LogP contribution in [0.15, 0.2) is 53.2 Å². The number of benzene rings is 2. The largest absolute Gasteiger partial charge is 0.490 e. The predicted octanol–water partition coefficient (Wildman–Crippen LogP) is 3.29. The van der Waals surface area contributed by atoms with Crippen molar-refractivity contribution in [2.75, 3.05) is 19.8 Å². The molecule has 0 aromatic heterocycles. The molecule has 0 aliphatic carbocycles. The summed E-state index contributed by atoms with van der Waals surface area (Å²) in [5, 5.41) is 8.64. The zero-order chi connectivity index (χ0) is 21.5. The van der Waals surface area contributed by atoms with E-state index < -0.39 is 18.5 Å². The highest BCUT2D eigenvalue weighted by molar-refractivity contribution is 6.13. The summed E-state index contributed by atoms with van der Waals surface area (Å²) in [6.07, 6.45) is 1.58. The molecule has 0 fully saturated rings. The van der Waals surface area contributed by atoms with Gasteiger partial charge in [0.05, 0.1) is 13.2 Å². The fraction of sp³-hybridized carbons (Fsp3) is 0.227. The molecule has 0 atom stereocenters. The molecule has 0 spiro atoms. The third-order valence-corrected chi connectivity index (χ3v) is 3.96. The number of carboxylic acid groups (broad SMARTS) is 1. The van der Waals surface area contributed by atoms with Crippen LogP contribution in [0.1, 0.15) is 25.0 Å². The number of rotatable bonds is 9. The van der Waals surface area contributed by atoms with Gasteiger partial charge in [-0.3, -0.25) is 0 Å². The van der Waals surface area contributed by atoms with Gasteiger partial charge in [0, 0.05) is 5.56 Å². The summed E-state index contributed by atoms with van der Waals surface area (Å²) < 4.78 is 21.5. The van der Waals surface area contributed by atoms with E-state index in [1.165, 1.54) is 0 Å². The van der Waals surface area contributed by atoms with E-state index in [9.17, 15) is 9.59 Å². The van der Waals surface area contributed by atoms with Gasteiger partial charge in [0.15, 0.2) is 23.8 Å². The molecule has 0 unspecified atom stereocenters. The predicted molar refractivity (Wildman–Crippen MR) is 109 cm³/mol. The first-order valence-corrected chi connectivity index (χ1v) is 9.37. The number of aliphatic imine (C=N–C) groups is 1. The van der Waals surface area contributed by atoms with Gasteiger partial charge in [0.1, 0.15) is 5.75 Å². The molecule has 0 saturated carbocycles. The van der Waals surface area contributed by atoms with Crippen LogP contribution in [0, 0.1) is 0 Å². The maximum Gasteiger partial charge on any atom is 0.363 e. The molecule has 0 bridgehead atoms. The van der Waals surface area contributed by atoms with Gasteiger partial charge in [-0.2, -0.15) is 0 Å². The lowest BCUT2D eigenvalue weighted by Gasteiger charge is -2.11. The lowest BCUT2D eigenvalue weighted by Crippen LogP contribution is -2.09. The van der Waals surface area contributed by atoms with E-state index in [1.54, 1.807) is 48.5 Å². The number of hydrogen-bond acceptors (Lipinski definition) is 7. The van der Waals surface area contributed by atoms with E-state index in [0.717, 1.165) is 0 Å². The van der Waals surface area contributed by atoms with Crippen LogP contribution in [-0.4, -0.2) is 42.8 Å². The van der Waals surface area contributed by atoms with Crippen molar-refractivity contribution >= 4 is 23.9 Å². The highest BCUT2D eigenvalue weighted by Crippen LogP contribution is 2.30. The molecule has 1 N–H and O–H groups in total. The minimum Gasteiger partial charge on any atom is -0.490 e. The van der Waals surface area contributed by atoms with Crippen LogP contribution >= 0.6 is 0 Å². The number of ether oxygens (including phenoxy) is 4. The third kappa shape index (κ3) is 5.16. The molecule has 1 heterocycles. The Hall–Kier alpha value is -3.81. The molecule has 0 saturated heterocycles. The zero-order valence-electron chi connectivity index (χ0n) is 16.6. The molecule has 30 heavy (non-hydrogen) atoms. The molecule has 156 valence electrons. The second-order valence-electron chi connectivity index (χ2n) is 6.12. The van der Waals surface area contributed by atoms with Gasteiger partial charge in [-0.15, -0.1) is 0 Å². The Labute approximate surface area is 173 Å². The second-order valence-corrected chi connectivity index (χ2v) is 6.12. The lowest BCUT2D eigenvalue weighted by atomic mass is 10.2. The van der Waals surface area contributed by atoms with Gasteiger partial charge in [-0.1, -0.05) is 12.1 Å². The smallest absolute Gasteiger partial charge is 0.363 e. The van der Waals surface area contributed by atoms with Crippen molar-refractivity contribution in [3.8, 4) is 17.2 Å².